The number of phenolic OH excluding ortho intramolecular Hbond substituents is 1. The molecule has 7 nitrogen and oxygen atoms in total. The number of hydrogen-bond acceptors (Lipinski definition) is 4. The summed E-state index contributed by atoms with van der Waals surface area (Å²) in [6, 6.07) is 5.52. The molecule has 1 aromatic heterocycles. The summed E-state index contributed by atoms with van der Waals surface area (Å²) in [7, 11) is 0. The molecule has 0 fully saturated rings. The van der Waals surface area contributed by atoms with Crippen LogP contribution in [0.25, 0.3) is 10.9 Å². The molecule has 1 heterocycles. The van der Waals surface area contributed by atoms with Gasteiger partial charge in [0.1, 0.15) is 11.4 Å². The first-order chi connectivity index (χ1) is 15.8. The number of carboxylic acid groups (broad SMARTS) is 1. The van der Waals surface area contributed by atoms with Crippen LogP contribution in [0.2, 0.25) is 5.02 Å². The number of nitrogens with zero attached hydrogens (tertiary/aromatic N) is 1. The van der Waals surface area contributed by atoms with Crippen molar-refractivity contribution in [3.8, 4) is 5.75 Å². The number of amides is 1. The lowest BCUT2D eigenvalue weighted by Crippen LogP contribution is -2.52. The molecule has 3 aromatic rings. The van der Waals surface area contributed by atoms with Crippen LogP contribution < -0.4 is 5.32 Å². The summed E-state index contributed by atoms with van der Waals surface area (Å²) in [5.74, 6) is -6.02. The molecule has 0 spiro atoms. The van der Waals surface area contributed by atoms with Gasteiger partial charge >= 0.3 is 5.97 Å². The first-order valence-corrected chi connectivity index (χ1v) is 10.8. The van der Waals surface area contributed by atoms with Crippen LogP contribution in [0.1, 0.15) is 54.7 Å². The molecule has 0 aliphatic rings. The van der Waals surface area contributed by atoms with Gasteiger partial charge < -0.3 is 15.5 Å². The second kappa shape index (κ2) is 9.06. The Morgan fingerprint density at radius 1 is 1.18 bits per heavy atom. The summed E-state index contributed by atoms with van der Waals surface area (Å²) in [5.41, 5.74) is -1.00. The van der Waals surface area contributed by atoms with E-state index in [4.69, 9.17) is 11.6 Å². The zero-order valence-corrected chi connectivity index (χ0v) is 19.6. The molecule has 1 unspecified atom stereocenters. The minimum absolute atomic E-state index is 0.0549. The molecule has 0 saturated carbocycles. The highest BCUT2D eigenvalue weighted by Crippen LogP contribution is 2.36. The number of aliphatic carboxylic acids is 1. The lowest BCUT2D eigenvalue weighted by atomic mass is 9.93. The van der Waals surface area contributed by atoms with Crippen LogP contribution in [-0.4, -0.2) is 38.1 Å². The smallest absolute Gasteiger partial charge is 0.329 e. The number of carboxylic acids is 1. The van der Waals surface area contributed by atoms with E-state index in [1.165, 1.54) is 32.9 Å². The summed E-state index contributed by atoms with van der Waals surface area (Å²) < 4.78 is 29.4. The Morgan fingerprint density at radius 2 is 1.82 bits per heavy atom. The molecule has 2 atom stereocenters. The largest absolute Gasteiger partial charge is 0.505 e. The Kier molecular flexibility index (Phi) is 6.71. The molecular formula is C24H23ClF2N2O5. The number of halogens is 3. The minimum atomic E-state index is -1.53. The number of phenols is 1. The molecule has 34 heavy (non-hydrogen) atoms. The number of rotatable bonds is 6. The van der Waals surface area contributed by atoms with Crippen molar-refractivity contribution in [2.24, 2.45) is 0 Å². The zero-order valence-electron chi connectivity index (χ0n) is 18.9. The van der Waals surface area contributed by atoms with Crippen molar-refractivity contribution < 1.29 is 33.4 Å². The van der Waals surface area contributed by atoms with Crippen LogP contribution in [-0.2, 0) is 9.59 Å². The van der Waals surface area contributed by atoms with Gasteiger partial charge in [0.15, 0.2) is 11.6 Å². The topological polar surface area (TPSA) is 109 Å². The molecule has 0 saturated heterocycles. The molecule has 0 bridgehead atoms. The average molecular weight is 493 g/mol. The van der Waals surface area contributed by atoms with Gasteiger partial charge in [-0.3, -0.25) is 14.2 Å². The maximum Gasteiger partial charge on any atom is 0.329 e. The fourth-order valence-electron chi connectivity index (χ4n) is 3.82. The maximum absolute atomic E-state index is 14.3. The molecule has 3 N–H and O–H groups in total. The Morgan fingerprint density at radius 3 is 2.38 bits per heavy atom. The van der Waals surface area contributed by atoms with E-state index < -0.39 is 46.6 Å². The van der Waals surface area contributed by atoms with Crippen molar-refractivity contribution >= 4 is 40.3 Å². The fraction of sp³-hybridized carbons (Fsp3) is 0.292. The van der Waals surface area contributed by atoms with Crippen LogP contribution in [0, 0.1) is 18.6 Å². The first kappa shape index (κ1) is 25.2. The van der Waals surface area contributed by atoms with Gasteiger partial charge in [0, 0.05) is 22.7 Å². The van der Waals surface area contributed by atoms with Crippen molar-refractivity contribution in [3.05, 3.63) is 63.8 Å². The Bertz CT molecular complexity index is 1340. The monoisotopic (exact) mass is 492 g/mol. The summed E-state index contributed by atoms with van der Waals surface area (Å²) >= 11 is 5.71. The van der Waals surface area contributed by atoms with Crippen LogP contribution in [0.4, 0.5) is 8.78 Å². The summed E-state index contributed by atoms with van der Waals surface area (Å²) in [6.07, 6.45) is 0.119. The minimum Gasteiger partial charge on any atom is -0.505 e. The first-order valence-electron chi connectivity index (χ1n) is 10.4. The second-order valence-corrected chi connectivity index (χ2v) is 8.70. The predicted molar refractivity (Wildman–Crippen MR) is 122 cm³/mol. The van der Waals surface area contributed by atoms with Gasteiger partial charge in [0.05, 0.1) is 16.5 Å². The van der Waals surface area contributed by atoms with Crippen LogP contribution in [0.3, 0.4) is 0 Å². The predicted octanol–water partition coefficient (Wildman–Crippen LogP) is 4.75. The average Bonchev–Trinajstić information content (AvgIpc) is 3.05. The molecule has 0 aliphatic carbocycles. The normalized spacial score (nSPS) is 14.0. The van der Waals surface area contributed by atoms with Crippen molar-refractivity contribution in [3.63, 3.8) is 0 Å². The van der Waals surface area contributed by atoms with Gasteiger partial charge in [0.2, 0.25) is 5.91 Å². The highest BCUT2D eigenvalue weighted by atomic mass is 35.5. The van der Waals surface area contributed by atoms with Gasteiger partial charge in [-0.25, -0.2) is 13.6 Å². The van der Waals surface area contributed by atoms with E-state index in [1.54, 1.807) is 6.92 Å². The van der Waals surface area contributed by atoms with Gasteiger partial charge in [-0.05, 0) is 57.0 Å². The highest BCUT2D eigenvalue weighted by molar-refractivity contribution is 6.30. The third-order valence-corrected chi connectivity index (χ3v) is 6.40. The Balaban J connectivity index is 2.20. The van der Waals surface area contributed by atoms with Crippen LogP contribution in [0.5, 0.6) is 5.75 Å². The number of aromatic nitrogens is 1. The Labute approximate surface area is 198 Å². The second-order valence-electron chi connectivity index (χ2n) is 8.29. The van der Waals surface area contributed by atoms with Gasteiger partial charge in [-0.2, -0.15) is 0 Å². The number of aromatic hydroxyl groups is 1. The van der Waals surface area contributed by atoms with Crippen LogP contribution >= 0.6 is 11.6 Å². The Hall–Kier alpha value is -3.46. The lowest BCUT2D eigenvalue weighted by Gasteiger charge is -2.26. The molecule has 0 radical (unpaired) electrons. The number of hydrogen-bond donors (Lipinski definition) is 3. The summed E-state index contributed by atoms with van der Waals surface area (Å²) in [6.45, 7) is 6.01. The highest BCUT2D eigenvalue weighted by Gasteiger charge is 2.36. The molecule has 180 valence electrons. The quantitative estimate of drug-likeness (QED) is 0.460. The van der Waals surface area contributed by atoms with Crippen LogP contribution in [0.15, 0.2) is 30.3 Å². The molecule has 0 aliphatic heterocycles. The summed E-state index contributed by atoms with van der Waals surface area (Å²) in [5, 5.41) is 22.0. The van der Waals surface area contributed by atoms with Crippen molar-refractivity contribution in [2.75, 3.05) is 0 Å². The fourth-order valence-corrected chi connectivity index (χ4v) is 3.94. The van der Waals surface area contributed by atoms with E-state index in [9.17, 15) is 33.4 Å². The third kappa shape index (κ3) is 4.23. The van der Waals surface area contributed by atoms with Gasteiger partial charge in [0.25, 0.3) is 5.91 Å². The van der Waals surface area contributed by atoms with E-state index in [1.807, 2.05) is 0 Å². The summed E-state index contributed by atoms with van der Waals surface area (Å²) in [4.78, 5) is 38.0. The van der Waals surface area contributed by atoms with E-state index in [2.05, 4.69) is 5.32 Å². The molecular weight excluding hydrogens is 470 g/mol. The van der Waals surface area contributed by atoms with Gasteiger partial charge in [-0.1, -0.05) is 18.5 Å². The van der Waals surface area contributed by atoms with E-state index in [-0.39, 0.29) is 39.2 Å². The molecule has 10 heteroatoms. The molecule has 2 aromatic carbocycles. The zero-order chi connectivity index (χ0) is 25.5. The van der Waals surface area contributed by atoms with E-state index in [0.717, 1.165) is 22.8 Å². The lowest BCUT2D eigenvalue weighted by molar-refractivity contribution is -0.147. The van der Waals surface area contributed by atoms with Gasteiger partial charge in [-0.15, -0.1) is 0 Å². The van der Waals surface area contributed by atoms with Crippen molar-refractivity contribution in [2.45, 2.75) is 45.6 Å². The maximum atomic E-state index is 14.3. The van der Waals surface area contributed by atoms with Crippen molar-refractivity contribution in [1.82, 2.24) is 9.88 Å². The standard InChI is InChI=1S/C24H23ClF2N2O5/c1-5-24(4,23(33)34)28-21(31)11(2)20-12(3)29(18-10-17(27)19(30)9-14(18)20)22(32)13-6-7-15(25)16(26)8-13/h6-11,30H,5H2,1-4H3,(H,28,31)(H,33,34)/t11-,24?/m1/s1. The van der Waals surface area contributed by atoms with Crippen molar-refractivity contribution in [1.29, 1.82) is 0 Å². The number of benzene rings is 2. The number of nitrogens with one attached hydrogen (secondary N) is 1. The number of carbonyl (C=O) groups excluding carboxylic acids is 2. The molecule has 3 rings (SSSR count). The van der Waals surface area contributed by atoms with E-state index in [0.29, 0.717) is 0 Å². The SMILES string of the molecule is CCC(C)(NC(=O)[C@H](C)c1c(C)n(C(=O)c2ccc(Cl)c(F)c2)c2cc(F)c(O)cc12)C(=O)O. The number of fused-ring (bicyclic) bond motifs is 1. The molecule has 1 amide bonds. The van der Waals surface area contributed by atoms with E-state index >= 15 is 0 Å². The number of carbonyl (C=O) groups is 3. The third-order valence-electron chi connectivity index (χ3n) is 6.10.